The van der Waals surface area contributed by atoms with Crippen molar-refractivity contribution >= 4 is 23.0 Å². The van der Waals surface area contributed by atoms with Gasteiger partial charge in [0.05, 0.1) is 6.54 Å². The molecule has 0 radical (unpaired) electrons. The molecule has 0 bridgehead atoms. The van der Waals surface area contributed by atoms with E-state index in [-0.39, 0.29) is 0 Å². The lowest BCUT2D eigenvalue weighted by Gasteiger charge is -2.12. The molecule has 0 unspecified atom stereocenters. The molecule has 2 rings (SSSR count). The lowest BCUT2D eigenvalue weighted by molar-refractivity contribution is 0.764. The number of hydrogen-bond acceptors (Lipinski definition) is 1. The van der Waals surface area contributed by atoms with Crippen molar-refractivity contribution in [2.24, 2.45) is 7.05 Å². The molecule has 2 N–H and O–H groups in total. The smallest absolute Gasteiger partial charge is 0.171 e. The molecule has 1 aromatic heterocycles. The molecule has 0 amide bonds. The van der Waals surface area contributed by atoms with Gasteiger partial charge in [-0.3, -0.25) is 0 Å². The molecule has 2 aromatic rings. The minimum absolute atomic E-state index is 0.546. The molecule has 0 saturated carbocycles. The van der Waals surface area contributed by atoms with Crippen LogP contribution in [0, 0.1) is 6.92 Å². The highest BCUT2D eigenvalue weighted by Gasteiger charge is 2.03. The fourth-order valence-electron chi connectivity index (χ4n) is 2.14. The van der Waals surface area contributed by atoms with Crippen molar-refractivity contribution in [1.29, 1.82) is 0 Å². The molecule has 0 aliphatic carbocycles. The minimum atomic E-state index is 0.546. The minimum Gasteiger partial charge on any atom is -0.357 e. The Hall–Kier alpha value is -1.81. The molecule has 4 heteroatoms. The summed E-state index contributed by atoms with van der Waals surface area (Å²) in [5.74, 6) is 0.546. The first-order valence-electron chi connectivity index (χ1n) is 7.23. The zero-order chi connectivity index (χ0) is 15.4. The predicted molar refractivity (Wildman–Crippen MR) is 93.7 cm³/mol. The van der Waals surface area contributed by atoms with Crippen LogP contribution in [0.4, 0.5) is 5.69 Å². The molecule has 0 aliphatic heterocycles. The zero-order valence-electron chi connectivity index (χ0n) is 13.1. The quantitative estimate of drug-likeness (QED) is 0.838. The third-order valence-electron chi connectivity index (χ3n) is 3.74. The van der Waals surface area contributed by atoms with Gasteiger partial charge in [-0.25, -0.2) is 0 Å². The normalized spacial score (nSPS) is 10.7. The Morgan fingerprint density at radius 1 is 1.14 bits per heavy atom. The second-order valence-corrected chi connectivity index (χ2v) is 6.02. The summed E-state index contributed by atoms with van der Waals surface area (Å²) in [6.07, 6.45) is 0. The van der Waals surface area contributed by atoms with E-state index < -0.39 is 0 Å². The van der Waals surface area contributed by atoms with Crippen molar-refractivity contribution in [2.45, 2.75) is 33.2 Å². The summed E-state index contributed by atoms with van der Waals surface area (Å²) in [6, 6.07) is 12.6. The molecule has 1 aromatic carbocycles. The van der Waals surface area contributed by atoms with E-state index >= 15 is 0 Å². The van der Waals surface area contributed by atoms with Crippen LogP contribution in [-0.2, 0) is 13.6 Å². The number of hydrogen-bond donors (Lipinski definition) is 2. The maximum atomic E-state index is 5.34. The highest BCUT2D eigenvalue weighted by molar-refractivity contribution is 7.80. The Morgan fingerprint density at radius 2 is 1.81 bits per heavy atom. The Kier molecular flexibility index (Phi) is 5.02. The molecule has 3 nitrogen and oxygen atoms in total. The van der Waals surface area contributed by atoms with Gasteiger partial charge in [0, 0.05) is 24.1 Å². The fourth-order valence-corrected chi connectivity index (χ4v) is 2.33. The summed E-state index contributed by atoms with van der Waals surface area (Å²) >= 11 is 5.34. The van der Waals surface area contributed by atoms with E-state index in [4.69, 9.17) is 12.2 Å². The molecular formula is C17H23N3S. The van der Waals surface area contributed by atoms with Gasteiger partial charge in [0.2, 0.25) is 0 Å². The highest BCUT2D eigenvalue weighted by Crippen LogP contribution is 2.17. The zero-order valence-corrected chi connectivity index (χ0v) is 13.9. The Bertz CT molecular complexity index is 611. The van der Waals surface area contributed by atoms with Crippen LogP contribution in [0.25, 0.3) is 0 Å². The van der Waals surface area contributed by atoms with Crippen molar-refractivity contribution in [3.63, 3.8) is 0 Å². The molecule has 112 valence electrons. The number of thiocarbonyl (C=S) groups is 1. The van der Waals surface area contributed by atoms with Gasteiger partial charge in [0.1, 0.15) is 0 Å². The summed E-state index contributed by atoms with van der Waals surface area (Å²) in [4.78, 5) is 0. The summed E-state index contributed by atoms with van der Waals surface area (Å²) in [5, 5.41) is 7.10. The first kappa shape index (κ1) is 15.6. The van der Waals surface area contributed by atoms with Crippen molar-refractivity contribution < 1.29 is 0 Å². The molecule has 0 spiro atoms. The van der Waals surface area contributed by atoms with Crippen molar-refractivity contribution in [3.05, 3.63) is 53.3 Å². The van der Waals surface area contributed by atoms with Crippen molar-refractivity contribution in [1.82, 2.24) is 9.88 Å². The first-order chi connectivity index (χ1) is 9.97. The number of anilines is 1. The Labute approximate surface area is 132 Å². The third kappa shape index (κ3) is 4.08. The standard InChI is InChI=1S/C17H23N3S/c1-12(2)14-6-8-15(9-7-14)19-17(21)18-11-16-10-5-13(3)20(16)4/h5-10,12H,11H2,1-4H3,(H2,18,19,21). The van der Waals surface area contributed by atoms with Crippen molar-refractivity contribution in [2.75, 3.05) is 5.32 Å². The second kappa shape index (κ2) is 6.76. The maximum absolute atomic E-state index is 5.34. The van der Waals surface area contributed by atoms with Crippen LogP contribution in [0.15, 0.2) is 36.4 Å². The topological polar surface area (TPSA) is 29.0 Å². The van der Waals surface area contributed by atoms with Crippen LogP contribution >= 0.6 is 12.2 Å². The van der Waals surface area contributed by atoms with Crippen LogP contribution in [0.2, 0.25) is 0 Å². The van der Waals surface area contributed by atoms with E-state index in [1.54, 1.807) is 0 Å². The number of nitrogens with one attached hydrogen (secondary N) is 2. The largest absolute Gasteiger partial charge is 0.357 e. The second-order valence-electron chi connectivity index (χ2n) is 5.61. The molecule has 1 heterocycles. The number of aryl methyl sites for hydroxylation is 1. The van der Waals surface area contributed by atoms with E-state index in [0.717, 1.165) is 12.2 Å². The van der Waals surface area contributed by atoms with Crippen LogP contribution in [0.3, 0.4) is 0 Å². The van der Waals surface area contributed by atoms with E-state index in [1.165, 1.54) is 17.0 Å². The van der Waals surface area contributed by atoms with Crippen LogP contribution in [0.1, 0.15) is 36.7 Å². The maximum Gasteiger partial charge on any atom is 0.171 e. The summed E-state index contributed by atoms with van der Waals surface area (Å²) in [6.45, 7) is 7.20. The average Bonchev–Trinajstić information content (AvgIpc) is 2.77. The van der Waals surface area contributed by atoms with Gasteiger partial charge in [-0.05, 0) is 54.9 Å². The van der Waals surface area contributed by atoms with Gasteiger partial charge in [-0.15, -0.1) is 0 Å². The Balaban J connectivity index is 1.88. The van der Waals surface area contributed by atoms with Gasteiger partial charge >= 0.3 is 0 Å². The number of benzene rings is 1. The molecule has 0 fully saturated rings. The van der Waals surface area contributed by atoms with Crippen LogP contribution in [0.5, 0.6) is 0 Å². The third-order valence-corrected chi connectivity index (χ3v) is 3.99. The van der Waals surface area contributed by atoms with Gasteiger partial charge in [0.25, 0.3) is 0 Å². The molecule has 0 aliphatic rings. The number of aromatic nitrogens is 1. The van der Waals surface area contributed by atoms with Crippen LogP contribution in [-0.4, -0.2) is 9.68 Å². The van der Waals surface area contributed by atoms with E-state index in [2.05, 4.69) is 79.4 Å². The molecule has 21 heavy (non-hydrogen) atoms. The number of nitrogens with zero attached hydrogens (tertiary/aromatic N) is 1. The number of rotatable bonds is 4. The fraction of sp³-hybridized carbons (Fsp3) is 0.353. The van der Waals surface area contributed by atoms with Crippen molar-refractivity contribution in [3.8, 4) is 0 Å². The van der Waals surface area contributed by atoms with Crippen LogP contribution < -0.4 is 10.6 Å². The van der Waals surface area contributed by atoms with Gasteiger partial charge in [-0.1, -0.05) is 26.0 Å². The highest BCUT2D eigenvalue weighted by atomic mass is 32.1. The Morgan fingerprint density at radius 3 is 2.33 bits per heavy atom. The average molecular weight is 301 g/mol. The molecule has 0 atom stereocenters. The summed E-state index contributed by atoms with van der Waals surface area (Å²) in [5.41, 5.74) is 4.81. The van der Waals surface area contributed by atoms with E-state index in [1.807, 2.05) is 0 Å². The summed E-state index contributed by atoms with van der Waals surface area (Å²) < 4.78 is 2.16. The van der Waals surface area contributed by atoms with Gasteiger partial charge < -0.3 is 15.2 Å². The van der Waals surface area contributed by atoms with Gasteiger partial charge in [-0.2, -0.15) is 0 Å². The van der Waals surface area contributed by atoms with E-state index in [0.29, 0.717) is 11.0 Å². The van der Waals surface area contributed by atoms with Gasteiger partial charge in [0.15, 0.2) is 5.11 Å². The van der Waals surface area contributed by atoms with E-state index in [9.17, 15) is 0 Å². The molecular weight excluding hydrogens is 278 g/mol. The predicted octanol–water partition coefficient (Wildman–Crippen LogP) is 3.94. The molecule has 0 saturated heterocycles. The first-order valence-corrected chi connectivity index (χ1v) is 7.64. The lowest BCUT2D eigenvalue weighted by Crippen LogP contribution is -2.28. The SMILES string of the molecule is Cc1ccc(CNC(=S)Nc2ccc(C(C)C)cc2)n1C. The lowest BCUT2D eigenvalue weighted by atomic mass is 10.0. The summed E-state index contributed by atoms with van der Waals surface area (Å²) in [7, 11) is 2.06. The monoisotopic (exact) mass is 301 g/mol.